The van der Waals surface area contributed by atoms with Crippen molar-refractivity contribution in [1.82, 2.24) is 0 Å². The molecular weight excluding hydrogens is 146 g/mol. The van der Waals surface area contributed by atoms with Crippen LogP contribution < -0.4 is 0 Å². The molecule has 0 fully saturated rings. The Bertz CT molecular complexity index is 277. The fraction of sp³-hybridized carbons (Fsp3) is 0.182. The van der Waals surface area contributed by atoms with Crippen molar-refractivity contribution in [1.29, 1.82) is 0 Å². The summed E-state index contributed by atoms with van der Waals surface area (Å²) in [6.45, 7) is 5.84. The molecule has 0 aromatic heterocycles. The first-order chi connectivity index (χ1) is 5.80. The van der Waals surface area contributed by atoms with Crippen molar-refractivity contribution in [3.63, 3.8) is 0 Å². The molecule has 0 aromatic carbocycles. The third-order valence-electron chi connectivity index (χ3n) is 1.66. The highest BCUT2D eigenvalue weighted by atomic mass is 14.7. The lowest BCUT2D eigenvalue weighted by molar-refractivity contribution is 1.35. The Labute approximate surface area is 73.5 Å². The van der Waals surface area contributed by atoms with Crippen molar-refractivity contribution in [3.05, 3.63) is 48.7 Å². The maximum Gasteiger partial charge on any atom is 0.0438 e. The van der Waals surface area contributed by atoms with E-state index in [2.05, 4.69) is 17.6 Å². The van der Waals surface area contributed by atoms with Gasteiger partial charge in [-0.3, -0.25) is 4.99 Å². The lowest BCUT2D eigenvalue weighted by Gasteiger charge is -1.96. The van der Waals surface area contributed by atoms with E-state index in [1.54, 1.807) is 0 Å². The molecule has 1 heterocycles. The average molecular weight is 159 g/mol. The molecule has 0 unspecified atom stereocenters. The summed E-state index contributed by atoms with van der Waals surface area (Å²) in [5.74, 6) is 0. The van der Waals surface area contributed by atoms with Crippen molar-refractivity contribution < 1.29 is 0 Å². The second-order valence-corrected chi connectivity index (χ2v) is 2.65. The van der Waals surface area contributed by atoms with E-state index in [4.69, 9.17) is 0 Å². The summed E-state index contributed by atoms with van der Waals surface area (Å²) in [7, 11) is 0. The van der Waals surface area contributed by atoms with Crippen LogP contribution in [0.4, 0.5) is 0 Å². The molecule has 0 atom stereocenters. The van der Waals surface area contributed by atoms with E-state index in [1.165, 1.54) is 0 Å². The Morgan fingerprint density at radius 2 is 2.17 bits per heavy atom. The van der Waals surface area contributed by atoms with Crippen LogP contribution in [-0.4, -0.2) is 5.71 Å². The van der Waals surface area contributed by atoms with Gasteiger partial charge in [0, 0.05) is 11.9 Å². The van der Waals surface area contributed by atoms with Gasteiger partial charge in [-0.15, -0.1) is 0 Å². The minimum Gasteiger partial charge on any atom is -0.261 e. The molecule has 0 amide bonds. The number of hydrogen-bond acceptors (Lipinski definition) is 1. The first kappa shape index (κ1) is 8.72. The Hall–Kier alpha value is -1.37. The van der Waals surface area contributed by atoms with Crippen LogP contribution in [0.25, 0.3) is 0 Å². The summed E-state index contributed by atoms with van der Waals surface area (Å²) in [5, 5.41) is 0. The summed E-state index contributed by atoms with van der Waals surface area (Å²) < 4.78 is 0. The zero-order chi connectivity index (χ0) is 8.81. The van der Waals surface area contributed by atoms with Gasteiger partial charge in [0.05, 0.1) is 0 Å². The summed E-state index contributed by atoms with van der Waals surface area (Å²) in [6, 6.07) is 0. The number of hydrogen-bond donors (Lipinski definition) is 0. The van der Waals surface area contributed by atoms with Gasteiger partial charge in [-0.05, 0) is 18.9 Å². The van der Waals surface area contributed by atoms with Crippen LogP contribution in [0.15, 0.2) is 53.7 Å². The largest absolute Gasteiger partial charge is 0.261 e. The highest BCUT2D eigenvalue weighted by molar-refractivity contribution is 6.00. The second-order valence-electron chi connectivity index (χ2n) is 2.65. The molecule has 0 saturated heterocycles. The molecule has 1 rings (SSSR count). The first-order valence-corrected chi connectivity index (χ1v) is 4.02. The van der Waals surface area contributed by atoms with Crippen molar-refractivity contribution in [2.24, 2.45) is 4.99 Å². The van der Waals surface area contributed by atoms with Gasteiger partial charge in [-0.2, -0.15) is 0 Å². The molecule has 0 N–H and O–H groups in total. The maximum atomic E-state index is 4.22. The van der Waals surface area contributed by atoms with Gasteiger partial charge in [0.2, 0.25) is 0 Å². The second kappa shape index (κ2) is 4.50. The van der Waals surface area contributed by atoms with Gasteiger partial charge in [0.15, 0.2) is 0 Å². The van der Waals surface area contributed by atoms with Crippen LogP contribution in [0, 0.1) is 0 Å². The molecule has 12 heavy (non-hydrogen) atoms. The summed E-state index contributed by atoms with van der Waals surface area (Å²) in [6.07, 6.45) is 12.8. The molecule has 1 heteroatoms. The molecule has 1 aliphatic heterocycles. The smallest absolute Gasteiger partial charge is 0.0438 e. The van der Waals surface area contributed by atoms with E-state index >= 15 is 0 Å². The standard InChI is InChI=1S/C11H13N/c1-10-8-6-4-3-5-7-9-12-11(10)2/h3-4,6-9H,1,5H2,2H3/b4-3-,8-6-,9-7-,12-11-. The number of nitrogens with zero attached hydrogens (tertiary/aromatic N) is 1. The van der Waals surface area contributed by atoms with Gasteiger partial charge >= 0.3 is 0 Å². The van der Waals surface area contributed by atoms with Gasteiger partial charge < -0.3 is 0 Å². The van der Waals surface area contributed by atoms with Crippen molar-refractivity contribution in [2.45, 2.75) is 13.3 Å². The topological polar surface area (TPSA) is 12.4 Å². The number of allylic oxidation sites excluding steroid dienone is 6. The van der Waals surface area contributed by atoms with Crippen LogP contribution in [0.1, 0.15) is 13.3 Å². The molecule has 62 valence electrons. The van der Waals surface area contributed by atoms with E-state index < -0.39 is 0 Å². The van der Waals surface area contributed by atoms with E-state index in [9.17, 15) is 0 Å². The fourth-order valence-electron chi connectivity index (χ4n) is 0.836. The van der Waals surface area contributed by atoms with Gasteiger partial charge in [-0.25, -0.2) is 0 Å². The molecule has 0 saturated carbocycles. The third-order valence-corrected chi connectivity index (χ3v) is 1.66. The predicted molar refractivity (Wildman–Crippen MR) is 54.3 cm³/mol. The monoisotopic (exact) mass is 159 g/mol. The molecular formula is C11H13N. The van der Waals surface area contributed by atoms with Crippen LogP contribution >= 0.6 is 0 Å². The number of aliphatic imine (C=N–C) groups is 1. The highest BCUT2D eigenvalue weighted by Gasteiger charge is 1.91. The van der Waals surface area contributed by atoms with E-state index in [1.807, 2.05) is 37.4 Å². The molecule has 0 radical (unpaired) electrons. The molecule has 0 bridgehead atoms. The summed E-state index contributed by atoms with van der Waals surface area (Å²) in [5.41, 5.74) is 1.93. The van der Waals surface area contributed by atoms with Gasteiger partial charge in [-0.1, -0.05) is 37.0 Å². The fourth-order valence-corrected chi connectivity index (χ4v) is 0.836. The SMILES string of the molecule is C=C1/C=C\C=C/C/C=C\N=C/1C. The van der Waals surface area contributed by atoms with Gasteiger partial charge in [0.1, 0.15) is 0 Å². The van der Waals surface area contributed by atoms with Crippen molar-refractivity contribution in [3.8, 4) is 0 Å². The van der Waals surface area contributed by atoms with E-state index in [0.29, 0.717) is 0 Å². The maximum absolute atomic E-state index is 4.22. The lowest BCUT2D eigenvalue weighted by atomic mass is 10.2. The Kier molecular flexibility index (Phi) is 3.27. The predicted octanol–water partition coefficient (Wildman–Crippen LogP) is 3.03. The molecule has 0 aliphatic carbocycles. The Balaban J connectivity index is 2.83. The van der Waals surface area contributed by atoms with E-state index in [-0.39, 0.29) is 0 Å². The Morgan fingerprint density at radius 3 is 3.00 bits per heavy atom. The molecule has 1 aliphatic rings. The number of rotatable bonds is 0. The van der Waals surface area contributed by atoms with Crippen LogP contribution in [-0.2, 0) is 0 Å². The molecule has 0 aromatic rings. The lowest BCUT2D eigenvalue weighted by Crippen LogP contribution is -1.91. The zero-order valence-corrected chi connectivity index (χ0v) is 7.33. The first-order valence-electron chi connectivity index (χ1n) is 4.02. The quantitative estimate of drug-likeness (QED) is 0.515. The highest BCUT2D eigenvalue weighted by Crippen LogP contribution is 2.00. The van der Waals surface area contributed by atoms with Crippen LogP contribution in [0.2, 0.25) is 0 Å². The normalized spacial score (nSPS) is 30.1. The van der Waals surface area contributed by atoms with Crippen molar-refractivity contribution in [2.75, 3.05) is 0 Å². The van der Waals surface area contributed by atoms with Crippen LogP contribution in [0.5, 0.6) is 0 Å². The molecule has 1 nitrogen and oxygen atoms in total. The minimum atomic E-state index is 0.938. The van der Waals surface area contributed by atoms with Gasteiger partial charge in [0.25, 0.3) is 0 Å². The summed E-state index contributed by atoms with van der Waals surface area (Å²) in [4.78, 5) is 4.22. The Morgan fingerprint density at radius 1 is 1.33 bits per heavy atom. The molecule has 0 spiro atoms. The van der Waals surface area contributed by atoms with Crippen LogP contribution in [0.3, 0.4) is 0 Å². The van der Waals surface area contributed by atoms with Crippen molar-refractivity contribution >= 4 is 5.71 Å². The average Bonchev–Trinajstić information content (AvgIpc) is 2.08. The third kappa shape index (κ3) is 2.70. The minimum absolute atomic E-state index is 0.938. The zero-order valence-electron chi connectivity index (χ0n) is 7.33. The van der Waals surface area contributed by atoms with E-state index in [0.717, 1.165) is 17.7 Å². The summed E-state index contributed by atoms with van der Waals surface area (Å²) >= 11 is 0.